The molecular weight excluding hydrogens is 166 g/mol. The molecule has 0 aromatic heterocycles. The van der Waals surface area contributed by atoms with E-state index in [0.29, 0.717) is 12.8 Å². The molecule has 2 N–H and O–H groups in total. The fourth-order valence-corrected chi connectivity index (χ4v) is 0.600. The first kappa shape index (κ1) is 13.5. The lowest BCUT2D eigenvalue weighted by Gasteiger charge is -2.03. The number of rotatable bonds is 6. The average molecular weight is 182 g/mol. The Balaban J connectivity index is 0. The number of hydrogen-bond acceptors (Lipinski definition) is 3. The van der Waals surface area contributed by atoms with Crippen molar-refractivity contribution in [2.45, 2.75) is 25.9 Å². The Morgan fingerprint density at radius 1 is 1.64 bits per heavy atom. The normalized spacial score (nSPS) is 11.8. The molecule has 0 aliphatic rings. The van der Waals surface area contributed by atoms with Crippen LogP contribution < -0.4 is 5.32 Å². The zero-order valence-corrected chi connectivity index (χ0v) is 7.56. The Hall–Kier alpha value is -0.120. The Morgan fingerprint density at radius 2 is 2.27 bits per heavy atom. The van der Waals surface area contributed by atoms with E-state index in [1.807, 2.05) is 0 Å². The largest absolute Gasteiger partial charge is 0.384 e. The third-order valence-corrected chi connectivity index (χ3v) is 1.22. The first-order valence-corrected chi connectivity index (χ1v) is 3.65. The third kappa shape index (κ3) is 9.88. The zero-order chi connectivity index (χ0) is 7.82. The minimum Gasteiger partial charge on any atom is -0.384 e. The molecule has 4 heteroatoms. The van der Waals surface area contributed by atoms with E-state index in [0.717, 1.165) is 19.4 Å². The van der Waals surface area contributed by atoms with Crippen LogP contribution in [0, 0.1) is 0 Å². The van der Waals surface area contributed by atoms with E-state index in [-0.39, 0.29) is 12.4 Å². The van der Waals surface area contributed by atoms with Gasteiger partial charge in [-0.2, -0.15) is 0 Å². The summed E-state index contributed by atoms with van der Waals surface area (Å²) in [5, 5.41) is 11.7. The molecule has 0 rings (SSSR count). The van der Waals surface area contributed by atoms with E-state index >= 15 is 0 Å². The molecule has 0 aliphatic carbocycles. The summed E-state index contributed by atoms with van der Waals surface area (Å²) < 4.78 is 0. The molecule has 0 saturated heterocycles. The maximum Gasteiger partial charge on any atom is 0.149 e. The number of aliphatic hydroxyl groups is 1. The maximum absolute atomic E-state index is 9.88. The summed E-state index contributed by atoms with van der Waals surface area (Å²) in [6.45, 7) is 3.35. The van der Waals surface area contributed by atoms with Gasteiger partial charge in [0.2, 0.25) is 0 Å². The second-order valence-corrected chi connectivity index (χ2v) is 2.26. The van der Waals surface area contributed by atoms with Gasteiger partial charge in [0, 0.05) is 6.54 Å². The van der Waals surface area contributed by atoms with Crippen LogP contribution in [0.1, 0.15) is 19.8 Å². The fourth-order valence-electron chi connectivity index (χ4n) is 0.600. The predicted molar refractivity (Wildman–Crippen MR) is 47.1 cm³/mol. The van der Waals surface area contributed by atoms with Crippen molar-refractivity contribution in [2.24, 2.45) is 0 Å². The SMILES string of the molecule is CCCCNCC(O)C=O.Cl. The highest BCUT2D eigenvalue weighted by Gasteiger charge is 1.97. The van der Waals surface area contributed by atoms with Crippen LogP contribution in [0.15, 0.2) is 0 Å². The monoisotopic (exact) mass is 181 g/mol. The van der Waals surface area contributed by atoms with Crippen molar-refractivity contribution in [1.29, 1.82) is 0 Å². The minimum atomic E-state index is -0.836. The highest BCUT2D eigenvalue weighted by Crippen LogP contribution is 1.82. The van der Waals surface area contributed by atoms with Gasteiger partial charge >= 0.3 is 0 Å². The number of halogens is 1. The summed E-state index contributed by atoms with van der Waals surface area (Å²) in [6, 6.07) is 0. The number of aliphatic hydroxyl groups excluding tert-OH is 1. The van der Waals surface area contributed by atoms with Crippen molar-refractivity contribution >= 4 is 18.7 Å². The van der Waals surface area contributed by atoms with Gasteiger partial charge in [0.05, 0.1) is 0 Å². The number of carbonyl (C=O) groups excluding carboxylic acids is 1. The van der Waals surface area contributed by atoms with Crippen LogP contribution in [-0.2, 0) is 4.79 Å². The maximum atomic E-state index is 9.88. The summed E-state index contributed by atoms with van der Waals surface area (Å²) >= 11 is 0. The molecule has 0 fully saturated rings. The molecule has 1 atom stereocenters. The van der Waals surface area contributed by atoms with Gasteiger partial charge < -0.3 is 15.2 Å². The topological polar surface area (TPSA) is 49.3 Å². The molecule has 0 aromatic rings. The Kier molecular flexibility index (Phi) is 12.1. The standard InChI is InChI=1S/C7H15NO2.ClH/c1-2-3-4-8-5-7(10)6-9;/h6-8,10H,2-5H2,1H3;1H. The highest BCUT2D eigenvalue weighted by atomic mass is 35.5. The van der Waals surface area contributed by atoms with Crippen molar-refractivity contribution in [3.8, 4) is 0 Å². The molecule has 3 nitrogen and oxygen atoms in total. The van der Waals surface area contributed by atoms with Crippen LogP contribution in [0.25, 0.3) is 0 Å². The summed E-state index contributed by atoms with van der Waals surface area (Å²) in [5.41, 5.74) is 0. The lowest BCUT2D eigenvalue weighted by molar-refractivity contribution is -0.114. The van der Waals surface area contributed by atoms with E-state index in [1.54, 1.807) is 0 Å². The third-order valence-electron chi connectivity index (χ3n) is 1.22. The van der Waals surface area contributed by atoms with Gasteiger partial charge in [0.25, 0.3) is 0 Å². The van der Waals surface area contributed by atoms with Gasteiger partial charge in [0.1, 0.15) is 12.4 Å². The summed E-state index contributed by atoms with van der Waals surface area (Å²) in [5.74, 6) is 0. The van der Waals surface area contributed by atoms with Crippen LogP contribution >= 0.6 is 12.4 Å². The second kappa shape index (κ2) is 9.88. The van der Waals surface area contributed by atoms with Gasteiger partial charge in [-0.25, -0.2) is 0 Å². The van der Waals surface area contributed by atoms with Crippen LogP contribution in [-0.4, -0.2) is 30.6 Å². The van der Waals surface area contributed by atoms with Gasteiger partial charge in [-0.15, -0.1) is 12.4 Å². The van der Waals surface area contributed by atoms with Crippen molar-refractivity contribution in [3.63, 3.8) is 0 Å². The zero-order valence-electron chi connectivity index (χ0n) is 6.75. The highest BCUT2D eigenvalue weighted by molar-refractivity contribution is 5.85. The molecule has 0 heterocycles. The van der Waals surface area contributed by atoms with Crippen molar-refractivity contribution in [3.05, 3.63) is 0 Å². The number of nitrogens with one attached hydrogen (secondary N) is 1. The first-order valence-electron chi connectivity index (χ1n) is 3.65. The molecule has 0 saturated carbocycles. The number of aldehydes is 1. The minimum absolute atomic E-state index is 0. The van der Waals surface area contributed by atoms with Crippen LogP contribution in [0.3, 0.4) is 0 Å². The van der Waals surface area contributed by atoms with Crippen LogP contribution in [0.4, 0.5) is 0 Å². The molecule has 0 spiro atoms. The quantitative estimate of drug-likeness (QED) is 0.460. The number of carbonyl (C=O) groups is 1. The number of unbranched alkanes of at least 4 members (excludes halogenated alkanes) is 1. The molecule has 68 valence electrons. The van der Waals surface area contributed by atoms with E-state index in [9.17, 15) is 4.79 Å². The van der Waals surface area contributed by atoms with Crippen molar-refractivity contribution in [2.75, 3.05) is 13.1 Å². The van der Waals surface area contributed by atoms with E-state index in [2.05, 4.69) is 12.2 Å². The smallest absolute Gasteiger partial charge is 0.149 e. The molecule has 0 radical (unpaired) electrons. The van der Waals surface area contributed by atoms with E-state index < -0.39 is 6.10 Å². The Labute approximate surface area is 73.6 Å². The summed E-state index contributed by atoms with van der Waals surface area (Å²) in [6.07, 6.45) is 1.92. The second-order valence-electron chi connectivity index (χ2n) is 2.26. The van der Waals surface area contributed by atoms with Gasteiger partial charge in [0.15, 0.2) is 0 Å². The van der Waals surface area contributed by atoms with E-state index in [1.165, 1.54) is 0 Å². The van der Waals surface area contributed by atoms with E-state index in [4.69, 9.17) is 5.11 Å². The average Bonchev–Trinajstić information content (AvgIpc) is 1.98. The first-order chi connectivity index (χ1) is 4.81. The molecule has 0 aromatic carbocycles. The summed E-state index contributed by atoms with van der Waals surface area (Å²) in [7, 11) is 0. The van der Waals surface area contributed by atoms with Crippen LogP contribution in [0.5, 0.6) is 0 Å². The fraction of sp³-hybridized carbons (Fsp3) is 0.857. The lowest BCUT2D eigenvalue weighted by Crippen LogP contribution is -2.28. The molecular formula is C7H16ClNO2. The molecule has 1 unspecified atom stereocenters. The van der Waals surface area contributed by atoms with Gasteiger partial charge in [-0.05, 0) is 13.0 Å². The molecule has 0 bridgehead atoms. The Bertz CT molecular complexity index is 90.5. The van der Waals surface area contributed by atoms with Gasteiger partial charge in [-0.3, -0.25) is 0 Å². The molecule has 0 aliphatic heterocycles. The van der Waals surface area contributed by atoms with Crippen molar-refractivity contribution < 1.29 is 9.90 Å². The summed E-state index contributed by atoms with van der Waals surface area (Å²) in [4.78, 5) is 9.88. The lowest BCUT2D eigenvalue weighted by atomic mass is 10.3. The van der Waals surface area contributed by atoms with Crippen molar-refractivity contribution in [1.82, 2.24) is 5.32 Å². The van der Waals surface area contributed by atoms with Crippen LogP contribution in [0.2, 0.25) is 0 Å². The molecule has 11 heavy (non-hydrogen) atoms. The predicted octanol–water partition coefficient (Wildman–Crippen LogP) is 0.358. The van der Waals surface area contributed by atoms with Gasteiger partial charge in [-0.1, -0.05) is 13.3 Å². The Morgan fingerprint density at radius 3 is 2.73 bits per heavy atom. The molecule has 0 amide bonds. The number of hydrogen-bond donors (Lipinski definition) is 2.